The molecule has 4 aromatic carbocycles. The maximum Gasteiger partial charge on any atom is 0.307 e. The van der Waals surface area contributed by atoms with Crippen LogP contribution in [-0.2, 0) is 11.2 Å². The summed E-state index contributed by atoms with van der Waals surface area (Å²) in [7, 11) is 1.64. The highest BCUT2D eigenvalue weighted by Crippen LogP contribution is 2.48. The van der Waals surface area contributed by atoms with Crippen molar-refractivity contribution in [1.29, 1.82) is 0 Å². The largest absolute Gasteiger partial charge is 0.508 e. The maximum atomic E-state index is 11.3. The minimum atomic E-state index is -0.921. The highest BCUT2D eigenvalue weighted by Gasteiger charge is 2.27. The third-order valence-corrected chi connectivity index (χ3v) is 8.01. The smallest absolute Gasteiger partial charge is 0.307 e. The molecule has 0 aromatic heterocycles. The van der Waals surface area contributed by atoms with Gasteiger partial charge < -0.3 is 19.7 Å². The molecule has 0 aliphatic carbocycles. The van der Waals surface area contributed by atoms with E-state index in [9.17, 15) is 15.0 Å². The molecule has 0 spiro atoms. The van der Waals surface area contributed by atoms with E-state index in [2.05, 4.69) is 51.8 Å². The van der Waals surface area contributed by atoms with Gasteiger partial charge in [0, 0.05) is 27.6 Å². The Hall–Kier alpha value is -3.00. The molecule has 8 heteroatoms. The monoisotopic (exact) mass is 686 g/mol. The van der Waals surface area contributed by atoms with E-state index in [1.165, 1.54) is 6.07 Å². The van der Waals surface area contributed by atoms with Crippen LogP contribution in [0.1, 0.15) is 59.1 Å². The standard InChI is InChI=1S/C32H29Br2ClO5/c1-17(2)23-15-29(40-32-25(33)11-19(12-26(32)34)13-30(37)38)24(16-28(23)39-4)31(20-7-5-6-18(3)10-20)22-9-8-21(35)14-27(22)36/h5-12,14-17,31,36H,13H2,1-4H3,(H,37,38). The highest BCUT2D eigenvalue weighted by atomic mass is 79.9. The average Bonchev–Trinajstić information content (AvgIpc) is 2.87. The number of phenolic OH excluding ortho intramolecular Hbond substituents is 1. The van der Waals surface area contributed by atoms with E-state index in [-0.39, 0.29) is 18.1 Å². The van der Waals surface area contributed by atoms with Crippen LogP contribution in [0.5, 0.6) is 23.0 Å². The first-order valence-electron chi connectivity index (χ1n) is 12.6. The van der Waals surface area contributed by atoms with Crippen LogP contribution in [0, 0.1) is 6.92 Å². The molecule has 40 heavy (non-hydrogen) atoms. The fourth-order valence-electron chi connectivity index (χ4n) is 4.77. The van der Waals surface area contributed by atoms with Gasteiger partial charge in [0.05, 0.1) is 22.5 Å². The SMILES string of the molecule is COc1cc(C(c2cccc(C)c2)c2ccc(Cl)cc2O)c(Oc2c(Br)cc(CC(=O)O)cc2Br)cc1C(C)C. The number of benzene rings is 4. The molecular formula is C32H29Br2ClO5. The minimum absolute atomic E-state index is 0.0669. The molecule has 0 aliphatic rings. The molecule has 2 N–H and O–H groups in total. The number of carbonyl (C=O) groups is 1. The highest BCUT2D eigenvalue weighted by molar-refractivity contribution is 9.11. The van der Waals surface area contributed by atoms with E-state index in [4.69, 9.17) is 21.1 Å². The molecular weight excluding hydrogens is 660 g/mol. The van der Waals surface area contributed by atoms with Gasteiger partial charge in [-0.3, -0.25) is 4.79 Å². The van der Waals surface area contributed by atoms with Crippen molar-refractivity contribution >= 4 is 49.4 Å². The Morgan fingerprint density at radius 2 is 1.60 bits per heavy atom. The number of methoxy groups -OCH3 is 1. The molecule has 0 saturated heterocycles. The summed E-state index contributed by atoms with van der Waals surface area (Å²) < 4.78 is 13.7. The van der Waals surface area contributed by atoms with Gasteiger partial charge in [0.25, 0.3) is 0 Å². The maximum absolute atomic E-state index is 11.3. The van der Waals surface area contributed by atoms with Crippen LogP contribution in [0.25, 0.3) is 0 Å². The van der Waals surface area contributed by atoms with Crippen molar-refractivity contribution in [1.82, 2.24) is 0 Å². The number of phenols is 1. The fourth-order valence-corrected chi connectivity index (χ4v) is 6.38. The summed E-state index contributed by atoms with van der Waals surface area (Å²) >= 11 is 13.4. The number of hydrogen-bond acceptors (Lipinski definition) is 4. The first-order valence-corrected chi connectivity index (χ1v) is 14.6. The van der Waals surface area contributed by atoms with Crippen molar-refractivity contribution in [2.24, 2.45) is 0 Å². The zero-order valence-electron chi connectivity index (χ0n) is 22.5. The summed E-state index contributed by atoms with van der Waals surface area (Å²) in [6.45, 7) is 6.18. The lowest BCUT2D eigenvalue weighted by molar-refractivity contribution is -0.136. The number of aryl methyl sites for hydroxylation is 1. The average molecular weight is 689 g/mol. The van der Waals surface area contributed by atoms with Crippen LogP contribution in [0.15, 0.2) is 75.7 Å². The number of hydrogen-bond donors (Lipinski definition) is 2. The van der Waals surface area contributed by atoms with Crippen molar-refractivity contribution in [2.75, 3.05) is 7.11 Å². The first kappa shape index (κ1) is 30.0. The first-order chi connectivity index (χ1) is 19.0. The lowest BCUT2D eigenvalue weighted by Crippen LogP contribution is -2.08. The Kier molecular flexibility index (Phi) is 9.49. The lowest BCUT2D eigenvalue weighted by Gasteiger charge is -2.26. The molecule has 4 aromatic rings. The molecule has 208 valence electrons. The molecule has 0 radical (unpaired) electrons. The second-order valence-corrected chi connectivity index (χ2v) is 12.0. The van der Waals surface area contributed by atoms with Crippen LogP contribution >= 0.6 is 43.5 Å². The summed E-state index contributed by atoms with van der Waals surface area (Å²) in [5.74, 6) is 0.630. The molecule has 5 nitrogen and oxygen atoms in total. The van der Waals surface area contributed by atoms with Crippen LogP contribution in [0.3, 0.4) is 0 Å². The van der Waals surface area contributed by atoms with E-state index in [1.807, 2.05) is 43.3 Å². The minimum Gasteiger partial charge on any atom is -0.508 e. The number of aliphatic carboxylic acids is 1. The summed E-state index contributed by atoms with van der Waals surface area (Å²) in [5.41, 5.74) is 5.05. The molecule has 0 amide bonds. The molecule has 0 saturated carbocycles. The summed E-state index contributed by atoms with van der Waals surface area (Å²) in [4.78, 5) is 11.3. The number of carboxylic acids is 1. The van der Waals surface area contributed by atoms with Crippen molar-refractivity contribution in [2.45, 2.75) is 39.0 Å². The quantitative estimate of drug-likeness (QED) is 0.171. The molecule has 1 atom stereocenters. The lowest BCUT2D eigenvalue weighted by atomic mass is 9.82. The topological polar surface area (TPSA) is 76.0 Å². The van der Waals surface area contributed by atoms with Gasteiger partial charge in [0.15, 0.2) is 5.75 Å². The number of halogens is 3. The van der Waals surface area contributed by atoms with E-state index in [0.29, 0.717) is 42.3 Å². The summed E-state index contributed by atoms with van der Waals surface area (Å²) in [5, 5.41) is 20.8. The zero-order valence-corrected chi connectivity index (χ0v) is 26.4. The number of ether oxygens (including phenoxy) is 2. The Morgan fingerprint density at radius 3 is 2.17 bits per heavy atom. The van der Waals surface area contributed by atoms with E-state index >= 15 is 0 Å². The van der Waals surface area contributed by atoms with Gasteiger partial charge in [-0.15, -0.1) is 0 Å². The van der Waals surface area contributed by atoms with E-state index in [1.54, 1.807) is 25.3 Å². The van der Waals surface area contributed by atoms with Gasteiger partial charge in [0.1, 0.15) is 17.2 Å². The van der Waals surface area contributed by atoms with Gasteiger partial charge in [-0.05, 0) is 92.2 Å². The van der Waals surface area contributed by atoms with Gasteiger partial charge in [-0.2, -0.15) is 0 Å². The Balaban J connectivity index is 1.99. The molecule has 1 unspecified atom stereocenters. The van der Waals surface area contributed by atoms with Crippen LogP contribution in [-0.4, -0.2) is 23.3 Å². The van der Waals surface area contributed by atoms with Crippen LogP contribution in [0.2, 0.25) is 5.02 Å². The Morgan fingerprint density at radius 1 is 0.925 bits per heavy atom. The predicted molar refractivity (Wildman–Crippen MR) is 166 cm³/mol. The van der Waals surface area contributed by atoms with E-state index < -0.39 is 11.9 Å². The summed E-state index contributed by atoms with van der Waals surface area (Å²) in [6, 6.07) is 20.6. The van der Waals surface area contributed by atoms with Crippen molar-refractivity contribution in [3.8, 4) is 23.0 Å². The van der Waals surface area contributed by atoms with Gasteiger partial charge in [-0.25, -0.2) is 0 Å². The normalized spacial score (nSPS) is 11.9. The Labute approximate surface area is 256 Å². The van der Waals surface area contributed by atoms with Crippen molar-refractivity contribution < 1.29 is 24.5 Å². The second kappa shape index (κ2) is 12.7. The number of carboxylic acid groups (broad SMARTS) is 1. The van der Waals surface area contributed by atoms with Crippen molar-refractivity contribution in [3.05, 3.63) is 114 Å². The van der Waals surface area contributed by atoms with Gasteiger partial charge in [0.2, 0.25) is 0 Å². The molecule has 0 bridgehead atoms. The molecule has 4 rings (SSSR count). The predicted octanol–water partition coefficient (Wildman–Crippen LogP) is 9.61. The summed E-state index contributed by atoms with van der Waals surface area (Å²) in [6.07, 6.45) is -0.117. The molecule has 0 heterocycles. The van der Waals surface area contributed by atoms with Crippen LogP contribution in [0.4, 0.5) is 0 Å². The molecule has 0 fully saturated rings. The third-order valence-electron chi connectivity index (χ3n) is 6.60. The zero-order chi connectivity index (χ0) is 29.1. The molecule has 0 aliphatic heterocycles. The van der Waals surface area contributed by atoms with Gasteiger partial charge in [-0.1, -0.05) is 61.3 Å². The van der Waals surface area contributed by atoms with Gasteiger partial charge >= 0.3 is 5.97 Å². The number of rotatable bonds is 9. The van der Waals surface area contributed by atoms with Crippen molar-refractivity contribution in [3.63, 3.8) is 0 Å². The number of aromatic hydroxyl groups is 1. The Bertz CT molecular complexity index is 1540. The second-order valence-electron chi connectivity index (χ2n) is 9.90. The van der Waals surface area contributed by atoms with Crippen LogP contribution < -0.4 is 9.47 Å². The van der Waals surface area contributed by atoms with E-state index in [0.717, 1.165) is 22.3 Å². The third kappa shape index (κ3) is 6.65. The fraction of sp³-hybridized carbons (Fsp3) is 0.219.